The molecule has 0 spiro atoms. The smallest absolute Gasteiger partial charge is 0.253 e. The van der Waals surface area contributed by atoms with Gasteiger partial charge in [-0.2, -0.15) is 0 Å². The largest absolute Gasteiger partial charge is 0.399 e. The number of nitrogens with one attached hydrogen (secondary N) is 2. The Morgan fingerprint density at radius 1 is 1.50 bits per heavy atom. The number of hydrogen-bond donors (Lipinski definition) is 3. The van der Waals surface area contributed by atoms with Gasteiger partial charge in [-0.3, -0.25) is 4.79 Å². The number of carbonyl (C=O) groups excluding carboxylic acids is 1. The van der Waals surface area contributed by atoms with Crippen LogP contribution in [0.2, 0.25) is 0 Å². The number of ether oxygens (including phenoxy) is 1. The van der Waals surface area contributed by atoms with E-state index < -0.39 is 0 Å². The molecule has 1 heterocycles. The van der Waals surface area contributed by atoms with Gasteiger partial charge >= 0.3 is 0 Å². The summed E-state index contributed by atoms with van der Waals surface area (Å²) in [6, 6.07) is 5.44. The third kappa shape index (κ3) is 2.62. The van der Waals surface area contributed by atoms with E-state index in [-0.39, 0.29) is 5.91 Å². The van der Waals surface area contributed by atoms with E-state index >= 15 is 0 Å². The zero-order chi connectivity index (χ0) is 13.0. The predicted octanol–water partition coefficient (Wildman–Crippen LogP) is 1.52. The fourth-order valence-corrected chi connectivity index (χ4v) is 1.81. The lowest BCUT2D eigenvalue weighted by Gasteiger charge is -2.04. The van der Waals surface area contributed by atoms with Crippen molar-refractivity contribution in [1.82, 2.24) is 10.3 Å². The van der Waals surface area contributed by atoms with Gasteiger partial charge in [0.1, 0.15) is 0 Å². The van der Waals surface area contributed by atoms with E-state index in [1.807, 2.05) is 19.1 Å². The van der Waals surface area contributed by atoms with E-state index in [1.165, 1.54) is 0 Å². The molecule has 2 aromatic rings. The van der Waals surface area contributed by atoms with Crippen molar-refractivity contribution in [1.29, 1.82) is 0 Å². The van der Waals surface area contributed by atoms with Gasteiger partial charge in [0, 0.05) is 35.9 Å². The van der Waals surface area contributed by atoms with Crippen molar-refractivity contribution >= 4 is 22.5 Å². The van der Waals surface area contributed by atoms with Gasteiger partial charge in [0.05, 0.1) is 12.2 Å². The standard InChI is InChI=1S/C13H17N3O2/c1-2-18-6-5-15-13(17)11-8-16-12-7-9(14)3-4-10(11)12/h3-4,7-8,16H,2,5-6,14H2,1H3,(H,15,17). The summed E-state index contributed by atoms with van der Waals surface area (Å²) in [7, 11) is 0. The zero-order valence-electron chi connectivity index (χ0n) is 10.3. The molecule has 1 aromatic heterocycles. The molecule has 1 aromatic carbocycles. The minimum Gasteiger partial charge on any atom is -0.399 e. The second-order valence-electron chi connectivity index (χ2n) is 3.96. The van der Waals surface area contributed by atoms with Gasteiger partial charge in [-0.25, -0.2) is 0 Å². The first-order chi connectivity index (χ1) is 8.72. The Kier molecular flexibility index (Phi) is 3.84. The maximum absolute atomic E-state index is 11.9. The van der Waals surface area contributed by atoms with Crippen LogP contribution in [0.25, 0.3) is 10.9 Å². The normalized spacial score (nSPS) is 10.7. The molecule has 0 fully saturated rings. The molecule has 0 bridgehead atoms. The average molecular weight is 247 g/mol. The van der Waals surface area contributed by atoms with Crippen molar-refractivity contribution in [2.24, 2.45) is 0 Å². The Morgan fingerprint density at radius 3 is 3.11 bits per heavy atom. The van der Waals surface area contributed by atoms with Crippen LogP contribution in [0.15, 0.2) is 24.4 Å². The molecule has 0 radical (unpaired) electrons. The number of amides is 1. The van der Waals surface area contributed by atoms with Crippen LogP contribution in [-0.2, 0) is 4.74 Å². The second kappa shape index (κ2) is 5.55. The number of rotatable bonds is 5. The van der Waals surface area contributed by atoms with Crippen LogP contribution in [-0.4, -0.2) is 30.6 Å². The van der Waals surface area contributed by atoms with E-state index in [1.54, 1.807) is 12.3 Å². The number of fused-ring (bicyclic) bond motifs is 1. The zero-order valence-corrected chi connectivity index (χ0v) is 10.3. The van der Waals surface area contributed by atoms with Crippen molar-refractivity contribution < 1.29 is 9.53 Å². The van der Waals surface area contributed by atoms with E-state index in [0.29, 0.717) is 31.0 Å². The Hall–Kier alpha value is -2.01. The van der Waals surface area contributed by atoms with Crippen molar-refractivity contribution in [2.45, 2.75) is 6.92 Å². The number of benzene rings is 1. The van der Waals surface area contributed by atoms with Crippen LogP contribution in [0.3, 0.4) is 0 Å². The van der Waals surface area contributed by atoms with Crippen LogP contribution in [0.5, 0.6) is 0 Å². The molecule has 0 saturated heterocycles. The van der Waals surface area contributed by atoms with Gasteiger partial charge in [-0.15, -0.1) is 0 Å². The molecular weight excluding hydrogens is 230 g/mol. The number of aromatic nitrogens is 1. The lowest BCUT2D eigenvalue weighted by atomic mass is 10.1. The highest BCUT2D eigenvalue weighted by Gasteiger charge is 2.11. The summed E-state index contributed by atoms with van der Waals surface area (Å²) >= 11 is 0. The van der Waals surface area contributed by atoms with Crippen molar-refractivity contribution in [3.8, 4) is 0 Å². The minimum atomic E-state index is -0.106. The monoisotopic (exact) mass is 247 g/mol. The highest BCUT2D eigenvalue weighted by Crippen LogP contribution is 2.20. The molecule has 0 unspecified atom stereocenters. The molecule has 0 saturated carbocycles. The third-order valence-corrected chi connectivity index (χ3v) is 2.69. The fraction of sp³-hybridized carbons (Fsp3) is 0.308. The number of nitrogen functional groups attached to an aromatic ring is 1. The van der Waals surface area contributed by atoms with Gasteiger partial charge < -0.3 is 20.8 Å². The maximum Gasteiger partial charge on any atom is 0.253 e. The van der Waals surface area contributed by atoms with Crippen LogP contribution < -0.4 is 11.1 Å². The van der Waals surface area contributed by atoms with Crippen LogP contribution in [0.4, 0.5) is 5.69 Å². The van der Waals surface area contributed by atoms with Gasteiger partial charge in [0.15, 0.2) is 0 Å². The number of anilines is 1. The number of H-pyrrole nitrogens is 1. The summed E-state index contributed by atoms with van der Waals surface area (Å²) in [5.41, 5.74) is 7.85. The molecule has 96 valence electrons. The van der Waals surface area contributed by atoms with Crippen LogP contribution >= 0.6 is 0 Å². The third-order valence-electron chi connectivity index (χ3n) is 2.69. The van der Waals surface area contributed by atoms with Crippen molar-refractivity contribution in [2.75, 3.05) is 25.5 Å². The minimum absolute atomic E-state index is 0.106. The Bertz CT molecular complexity index is 548. The summed E-state index contributed by atoms with van der Waals surface area (Å²) < 4.78 is 5.17. The molecule has 5 nitrogen and oxygen atoms in total. The topological polar surface area (TPSA) is 80.1 Å². The highest BCUT2D eigenvalue weighted by molar-refractivity contribution is 6.07. The molecule has 18 heavy (non-hydrogen) atoms. The number of hydrogen-bond acceptors (Lipinski definition) is 3. The summed E-state index contributed by atoms with van der Waals surface area (Å²) in [4.78, 5) is 15.0. The molecule has 2 rings (SSSR count). The Balaban J connectivity index is 2.08. The lowest BCUT2D eigenvalue weighted by Crippen LogP contribution is -2.27. The van der Waals surface area contributed by atoms with E-state index in [0.717, 1.165) is 10.9 Å². The number of nitrogens with two attached hydrogens (primary N) is 1. The average Bonchev–Trinajstić information content (AvgIpc) is 2.77. The molecule has 0 aliphatic carbocycles. The molecule has 5 heteroatoms. The lowest BCUT2D eigenvalue weighted by molar-refractivity contribution is 0.0924. The first-order valence-corrected chi connectivity index (χ1v) is 5.95. The summed E-state index contributed by atoms with van der Waals surface area (Å²) in [6.07, 6.45) is 1.69. The van der Waals surface area contributed by atoms with E-state index in [4.69, 9.17) is 10.5 Å². The van der Waals surface area contributed by atoms with Gasteiger partial charge in [-0.1, -0.05) is 0 Å². The van der Waals surface area contributed by atoms with Crippen molar-refractivity contribution in [3.63, 3.8) is 0 Å². The van der Waals surface area contributed by atoms with Crippen molar-refractivity contribution in [3.05, 3.63) is 30.0 Å². The molecule has 0 aliphatic rings. The molecule has 1 amide bonds. The first kappa shape index (κ1) is 12.4. The number of carbonyl (C=O) groups is 1. The predicted molar refractivity (Wildman–Crippen MR) is 71.5 cm³/mol. The molecule has 4 N–H and O–H groups in total. The quantitative estimate of drug-likeness (QED) is 0.553. The van der Waals surface area contributed by atoms with Crippen LogP contribution in [0, 0.1) is 0 Å². The SMILES string of the molecule is CCOCCNC(=O)c1c[nH]c2cc(N)ccc12. The van der Waals surface area contributed by atoms with E-state index in [2.05, 4.69) is 10.3 Å². The Morgan fingerprint density at radius 2 is 2.33 bits per heavy atom. The maximum atomic E-state index is 11.9. The highest BCUT2D eigenvalue weighted by atomic mass is 16.5. The summed E-state index contributed by atoms with van der Waals surface area (Å²) in [6.45, 7) is 3.61. The Labute approximate surface area is 105 Å². The number of aromatic amines is 1. The first-order valence-electron chi connectivity index (χ1n) is 5.95. The fourth-order valence-electron chi connectivity index (χ4n) is 1.81. The summed E-state index contributed by atoms with van der Waals surface area (Å²) in [5.74, 6) is -0.106. The van der Waals surface area contributed by atoms with Crippen LogP contribution in [0.1, 0.15) is 17.3 Å². The van der Waals surface area contributed by atoms with Gasteiger partial charge in [-0.05, 0) is 25.1 Å². The second-order valence-corrected chi connectivity index (χ2v) is 3.96. The molecular formula is C13H17N3O2. The van der Waals surface area contributed by atoms with Gasteiger partial charge in [0.25, 0.3) is 5.91 Å². The molecule has 0 aliphatic heterocycles. The summed E-state index contributed by atoms with van der Waals surface area (Å²) in [5, 5.41) is 3.68. The molecule has 0 atom stereocenters. The van der Waals surface area contributed by atoms with Gasteiger partial charge in [0.2, 0.25) is 0 Å². The van der Waals surface area contributed by atoms with E-state index in [9.17, 15) is 4.79 Å².